The molecular formula is C38H37F3N6O10. The maximum absolute atomic E-state index is 14.1. The third-order valence-corrected chi connectivity index (χ3v) is 8.47. The van der Waals surface area contributed by atoms with Gasteiger partial charge in [-0.05, 0) is 41.8 Å². The van der Waals surface area contributed by atoms with Crippen molar-refractivity contribution in [1.29, 1.82) is 5.41 Å². The molecule has 19 heteroatoms. The first-order valence-corrected chi connectivity index (χ1v) is 17.1. The minimum atomic E-state index is -5.08. The van der Waals surface area contributed by atoms with Crippen molar-refractivity contribution in [3.05, 3.63) is 134 Å². The average Bonchev–Trinajstić information content (AvgIpc) is 3.53. The zero-order chi connectivity index (χ0) is 41.9. The molecule has 4 aromatic rings. The van der Waals surface area contributed by atoms with Crippen molar-refractivity contribution in [3.8, 4) is 0 Å². The number of aromatic nitrogens is 1. The maximum atomic E-state index is 14.1. The largest absolute Gasteiger partial charge is 0.490 e. The van der Waals surface area contributed by atoms with Crippen LogP contribution in [0, 0.1) is 15.5 Å². The SMILES string of the molecule is CCOC(=O)Cc1cc2c(n1C(=O)OCc1ccccc1)CCN(C(=O)[C@H](Cc1ccc([N+](=O)[O-])cc1)NC(=O)c1ccc(C(=N)N)cc1)C2.O=C(O)C(F)(F)F. The highest BCUT2D eigenvalue weighted by Crippen LogP contribution is 2.26. The summed E-state index contributed by atoms with van der Waals surface area (Å²) in [5.41, 5.74) is 9.09. The van der Waals surface area contributed by atoms with Gasteiger partial charge in [0.05, 0.1) is 18.0 Å². The summed E-state index contributed by atoms with van der Waals surface area (Å²) in [4.78, 5) is 74.5. The molecule has 0 saturated carbocycles. The Labute approximate surface area is 322 Å². The van der Waals surface area contributed by atoms with E-state index < -0.39 is 47.0 Å². The van der Waals surface area contributed by atoms with E-state index >= 15 is 0 Å². The number of carboxylic acids is 1. The smallest absolute Gasteiger partial charge is 0.475 e. The Morgan fingerprint density at radius 1 is 0.965 bits per heavy atom. The van der Waals surface area contributed by atoms with Gasteiger partial charge >= 0.3 is 24.2 Å². The fourth-order valence-corrected chi connectivity index (χ4v) is 5.74. The van der Waals surface area contributed by atoms with Gasteiger partial charge in [-0.25, -0.2) is 9.59 Å². The molecule has 0 fully saturated rings. The molecule has 5 rings (SSSR count). The predicted molar refractivity (Wildman–Crippen MR) is 195 cm³/mol. The molecule has 16 nitrogen and oxygen atoms in total. The molecule has 0 spiro atoms. The lowest BCUT2D eigenvalue weighted by atomic mass is 10.0. The van der Waals surface area contributed by atoms with Crippen LogP contribution in [0.25, 0.3) is 0 Å². The Kier molecular flexibility index (Phi) is 14.2. The second-order valence-corrected chi connectivity index (χ2v) is 12.4. The van der Waals surface area contributed by atoms with Gasteiger partial charge in [0.1, 0.15) is 18.5 Å². The van der Waals surface area contributed by atoms with Crippen LogP contribution in [0.4, 0.5) is 23.7 Å². The van der Waals surface area contributed by atoms with E-state index in [1.807, 2.05) is 30.3 Å². The molecule has 1 aliphatic rings. The molecule has 0 unspecified atom stereocenters. The van der Waals surface area contributed by atoms with E-state index in [4.69, 9.17) is 30.5 Å². The lowest BCUT2D eigenvalue weighted by Gasteiger charge is -2.31. The number of nitrogens with two attached hydrogens (primary N) is 1. The Morgan fingerprint density at radius 3 is 2.14 bits per heavy atom. The van der Waals surface area contributed by atoms with E-state index in [0.29, 0.717) is 28.1 Å². The first kappa shape index (κ1) is 42.7. The summed E-state index contributed by atoms with van der Waals surface area (Å²) in [7, 11) is 0. The lowest BCUT2D eigenvalue weighted by molar-refractivity contribution is -0.384. The molecular weight excluding hydrogens is 757 g/mol. The van der Waals surface area contributed by atoms with Gasteiger partial charge in [0.2, 0.25) is 5.91 Å². The number of halogens is 3. The van der Waals surface area contributed by atoms with E-state index in [1.165, 1.54) is 53.1 Å². The number of nitro benzene ring substituents is 1. The van der Waals surface area contributed by atoms with Crippen LogP contribution in [0.5, 0.6) is 0 Å². The minimum absolute atomic E-state index is 0.0254. The fourth-order valence-electron chi connectivity index (χ4n) is 5.74. The standard InChI is InChI=1S/C36H36N6O8.C2HF3O2/c1-2-49-32(43)20-29-19-27-21-40(17-16-31(27)41(29)36(46)50-22-24-6-4-3-5-7-24)35(45)30(18-23-8-14-28(15-9-23)42(47)48)39-34(44)26-12-10-25(11-13-26)33(37)38;3-2(4,5)1(6)7/h3-15,19,30H,2,16-18,20-22H2,1H3,(H3,37,38)(H,39,44);(H,6,7)/t30-;/m0./s1. The number of carbonyl (C=O) groups excluding carboxylic acids is 4. The third-order valence-electron chi connectivity index (χ3n) is 8.47. The van der Waals surface area contributed by atoms with E-state index in [2.05, 4.69) is 5.32 Å². The fraction of sp³-hybridized carbons (Fsp3) is 0.263. The van der Waals surface area contributed by atoms with Gasteiger partial charge < -0.3 is 30.5 Å². The molecule has 3 aromatic carbocycles. The van der Waals surface area contributed by atoms with Crippen molar-refractivity contribution >= 4 is 41.4 Å². The highest BCUT2D eigenvalue weighted by Gasteiger charge is 2.38. The third kappa shape index (κ3) is 11.7. The summed E-state index contributed by atoms with van der Waals surface area (Å²) in [6, 6.07) is 21.6. The van der Waals surface area contributed by atoms with Crippen LogP contribution in [0.2, 0.25) is 0 Å². The minimum Gasteiger partial charge on any atom is -0.475 e. The zero-order valence-corrected chi connectivity index (χ0v) is 30.3. The number of fused-ring (bicyclic) bond motifs is 1. The summed E-state index contributed by atoms with van der Waals surface area (Å²) < 4.78 is 43.9. The number of nitrogens with one attached hydrogen (secondary N) is 2. The van der Waals surface area contributed by atoms with Crippen molar-refractivity contribution < 1.29 is 56.6 Å². The number of non-ortho nitro benzene ring substituents is 1. The van der Waals surface area contributed by atoms with Gasteiger partial charge in [-0.15, -0.1) is 0 Å². The number of hydrogen-bond acceptors (Lipinski definition) is 10. The van der Waals surface area contributed by atoms with E-state index in [-0.39, 0.29) is 62.7 Å². The van der Waals surface area contributed by atoms with Gasteiger partial charge in [-0.2, -0.15) is 13.2 Å². The average molecular weight is 795 g/mol. The van der Waals surface area contributed by atoms with Crippen LogP contribution in [0.1, 0.15) is 50.9 Å². The number of nitro groups is 1. The van der Waals surface area contributed by atoms with Crippen molar-refractivity contribution in [2.24, 2.45) is 5.73 Å². The predicted octanol–water partition coefficient (Wildman–Crippen LogP) is 4.53. The van der Waals surface area contributed by atoms with Crippen molar-refractivity contribution in [3.63, 3.8) is 0 Å². The number of ether oxygens (including phenoxy) is 2. The van der Waals surface area contributed by atoms with E-state index in [0.717, 1.165) is 5.56 Å². The summed E-state index contributed by atoms with van der Waals surface area (Å²) in [6.45, 7) is 2.16. The summed E-state index contributed by atoms with van der Waals surface area (Å²) in [6.07, 6.45) is -5.63. The molecule has 1 aromatic heterocycles. The number of rotatable bonds is 12. The number of esters is 1. The normalized spacial score (nSPS) is 12.5. The Balaban J connectivity index is 0.000000940. The van der Waals surface area contributed by atoms with Crippen LogP contribution >= 0.6 is 0 Å². The Bertz CT molecular complexity index is 2120. The quantitative estimate of drug-likeness (QED) is 0.0511. The molecule has 57 heavy (non-hydrogen) atoms. The van der Waals surface area contributed by atoms with Crippen LogP contribution in [0.15, 0.2) is 84.9 Å². The van der Waals surface area contributed by atoms with Crippen LogP contribution in [-0.2, 0) is 56.3 Å². The molecule has 2 heterocycles. The molecule has 0 aliphatic carbocycles. The van der Waals surface area contributed by atoms with Gasteiger partial charge in [0, 0.05) is 60.6 Å². The van der Waals surface area contributed by atoms with Gasteiger partial charge in [-0.1, -0.05) is 54.6 Å². The molecule has 0 saturated heterocycles. The topological polar surface area (TPSA) is 237 Å². The number of amidine groups is 1. The number of nitrogens with zero attached hydrogens (tertiary/aromatic N) is 3. The number of alkyl halides is 3. The first-order valence-electron chi connectivity index (χ1n) is 17.1. The highest BCUT2D eigenvalue weighted by atomic mass is 19.4. The first-order chi connectivity index (χ1) is 27.0. The van der Waals surface area contributed by atoms with Crippen LogP contribution in [-0.4, -0.2) is 80.5 Å². The molecule has 300 valence electrons. The molecule has 1 atom stereocenters. The van der Waals surface area contributed by atoms with Crippen molar-refractivity contribution in [2.75, 3.05) is 13.2 Å². The molecule has 1 aliphatic heterocycles. The number of hydrogen-bond donors (Lipinski definition) is 4. The molecule has 0 bridgehead atoms. The van der Waals surface area contributed by atoms with Gasteiger partial charge in [0.25, 0.3) is 11.6 Å². The monoisotopic (exact) mass is 794 g/mol. The van der Waals surface area contributed by atoms with E-state index in [9.17, 15) is 42.5 Å². The molecule has 5 N–H and O–H groups in total. The summed E-state index contributed by atoms with van der Waals surface area (Å²) in [5, 5.41) is 28.7. The number of aliphatic carboxylic acids is 1. The second-order valence-electron chi connectivity index (χ2n) is 12.4. The zero-order valence-electron chi connectivity index (χ0n) is 30.3. The summed E-state index contributed by atoms with van der Waals surface area (Å²) in [5.74, 6) is -4.38. The number of carboxylic acid groups (broad SMARTS) is 1. The second kappa shape index (κ2) is 19.0. The highest BCUT2D eigenvalue weighted by molar-refractivity contribution is 6.00. The van der Waals surface area contributed by atoms with E-state index in [1.54, 1.807) is 17.9 Å². The lowest BCUT2D eigenvalue weighted by Crippen LogP contribution is -2.51. The summed E-state index contributed by atoms with van der Waals surface area (Å²) >= 11 is 0. The number of amides is 2. The van der Waals surface area contributed by atoms with Gasteiger partial charge in [0.15, 0.2) is 0 Å². The Hall–Kier alpha value is -7.05. The number of nitrogen functional groups attached to an aromatic ring is 1. The molecule has 2 amide bonds. The maximum Gasteiger partial charge on any atom is 0.490 e. The number of carbonyl (C=O) groups is 5. The van der Waals surface area contributed by atoms with Crippen LogP contribution < -0.4 is 11.1 Å². The van der Waals surface area contributed by atoms with Crippen molar-refractivity contribution in [2.45, 2.75) is 51.6 Å². The number of benzene rings is 3. The van der Waals surface area contributed by atoms with Gasteiger partial charge in [-0.3, -0.25) is 34.5 Å². The Morgan fingerprint density at radius 2 is 1.58 bits per heavy atom. The van der Waals surface area contributed by atoms with Crippen LogP contribution in [0.3, 0.4) is 0 Å². The van der Waals surface area contributed by atoms with Crippen molar-refractivity contribution in [1.82, 2.24) is 14.8 Å². The molecule has 0 radical (unpaired) electrons.